The molecule has 2 aliphatic rings. The van der Waals surface area contributed by atoms with Gasteiger partial charge in [0.1, 0.15) is 5.82 Å². The molecule has 2 fully saturated rings. The van der Waals surface area contributed by atoms with Crippen LogP contribution in [0.3, 0.4) is 0 Å². The predicted octanol–water partition coefficient (Wildman–Crippen LogP) is 1.72. The van der Waals surface area contributed by atoms with Gasteiger partial charge in [-0.25, -0.2) is 4.39 Å². The second kappa shape index (κ2) is 6.57. The highest BCUT2D eigenvalue weighted by atomic mass is 19.1. The van der Waals surface area contributed by atoms with E-state index in [1.807, 2.05) is 12.1 Å². The molecule has 4 atom stereocenters. The molecule has 0 spiro atoms. The molecule has 1 aromatic heterocycles. The van der Waals surface area contributed by atoms with Crippen LogP contribution < -0.4 is 5.73 Å². The number of benzene rings is 1. The average Bonchev–Trinajstić information content (AvgIpc) is 3.25. The van der Waals surface area contributed by atoms with Crippen molar-refractivity contribution in [1.29, 1.82) is 0 Å². The Hall–Kier alpha value is -1.86. The van der Waals surface area contributed by atoms with Crippen LogP contribution in [0.1, 0.15) is 43.2 Å². The molecule has 1 aliphatic heterocycles. The summed E-state index contributed by atoms with van der Waals surface area (Å²) in [5, 5.41) is 12.3. The summed E-state index contributed by atoms with van der Waals surface area (Å²) in [5.41, 5.74) is 7.37. The molecule has 0 bridgehead atoms. The lowest BCUT2D eigenvalue weighted by molar-refractivity contribution is 0.114. The molecule has 7 heteroatoms. The summed E-state index contributed by atoms with van der Waals surface area (Å²) in [6, 6.07) is 7.66. The van der Waals surface area contributed by atoms with Crippen molar-refractivity contribution in [2.45, 2.75) is 49.7 Å². The van der Waals surface area contributed by atoms with Crippen LogP contribution in [0.25, 0.3) is 0 Å². The number of nitrogens with two attached hydrogens (primary N) is 1. The van der Waals surface area contributed by atoms with Gasteiger partial charge in [-0.15, -0.1) is 10.2 Å². The molecule has 0 radical (unpaired) electrons. The van der Waals surface area contributed by atoms with Gasteiger partial charge in [0.05, 0.1) is 6.04 Å². The summed E-state index contributed by atoms with van der Waals surface area (Å²) in [4.78, 5) is 4.24. The van der Waals surface area contributed by atoms with Gasteiger partial charge >= 0.3 is 0 Å². The second-order valence-corrected chi connectivity index (χ2v) is 7.01. The van der Waals surface area contributed by atoms with Gasteiger partial charge in [-0.1, -0.05) is 12.1 Å². The van der Waals surface area contributed by atoms with E-state index in [1.165, 1.54) is 11.9 Å². The van der Waals surface area contributed by atoms with E-state index in [1.54, 1.807) is 16.9 Å². The third-order valence-electron chi connectivity index (χ3n) is 5.46. The Morgan fingerprint density at radius 1 is 1.12 bits per heavy atom. The highest BCUT2D eigenvalue weighted by Crippen LogP contribution is 2.43. The topological polar surface area (TPSA) is 72.9 Å². The molecule has 4 unspecified atom stereocenters. The van der Waals surface area contributed by atoms with Crippen LogP contribution in [0.5, 0.6) is 0 Å². The molecular formula is C17H23FN6. The molecule has 2 aromatic rings. The highest BCUT2D eigenvalue weighted by Gasteiger charge is 2.41. The smallest absolute Gasteiger partial charge is 0.162 e. The lowest BCUT2D eigenvalue weighted by Crippen LogP contribution is -2.49. The van der Waals surface area contributed by atoms with Crippen LogP contribution in [0.15, 0.2) is 30.6 Å². The van der Waals surface area contributed by atoms with Gasteiger partial charge < -0.3 is 5.73 Å². The van der Waals surface area contributed by atoms with E-state index in [0.717, 1.165) is 38.8 Å². The van der Waals surface area contributed by atoms with Crippen LogP contribution in [0, 0.1) is 5.82 Å². The number of tetrazole rings is 1. The number of nitrogens with zero attached hydrogens (tertiary/aromatic N) is 5. The molecule has 1 saturated heterocycles. The Kier molecular flexibility index (Phi) is 4.28. The van der Waals surface area contributed by atoms with Crippen molar-refractivity contribution in [3.8, 4) is 0 Å². The fourth-order valence-electron chi connectivity index (χ4n) is 4.31. The fourth-order valence-corrected chi connectivity index (χ4v) is 4.31. The number of rotatable bonds is 3. The van der Waals surface area contributed by atoms with Gasteiger partial charge in [-0.05, 0) is 61.1 Å². The van der Waals surface area contributed by atoms with Gasteiger partial charge in [-0.2, -0.15) is 4.80 Å². The number of likely N-dealkylation sites (tertiary alicyclic amines) is 1. The van der Waals surface area contributed by atoms with Crippen molar-refractivity contribution in [3.63, 3.8) is 0 Å². The first kappa shape index (κ1) is 15.7. The summed E-state index contributed by atoms with van der Waals surface area (Å²) in [5.74, 6) is 0.189. The molecule has 1 aliphatic carbocycles. The maximum absolute atomic E-state index is 13.2. The SMILES string of the molecule is NC1CCCN(C2CC(c3ccc(F)cc3)CC2n2ncnn2)C1. The average molecular weight is 330 g/mol. The van der Waals surface area contributed by atoms with E-state index >= 15 is 0 Å². The van der Waals surface area contributed by atoms with Crippen LogP contribution in [-0.4, -0.2) is 50.3 Å². The molecule has 1 saturated carbocycles. The summed E-state index contributed by atoms with van der Waals surface area (Å²) in [6.07, 6.45) is 5.68. The molecule has 24 heavy (non-hydrogen) atoms. The van der Waals surface area contributed by atoms with Gasteiger partial charge in [0.25, 0.3) is 0 Å². The van der Waals surface area contributed by atoms with Crippen LogP contribution in [0.4, 0.5) is 4.39 Å². The summed E-state index contributed by atoms with van der Waals surface area (Å²) in [6.45, 7) is 1.99. The molecule has 4 rings (SSSR count). The van der Waals surface area contributed by atoms with Crippen LogP contribution in [-0.2, 0) is 0 Å². The highest BCUT2D eigenvalue weighted by molar-refractivity contribution is 5.23. The lowest BCUT2D eigenvalue weighted by Gasteiger charge is -2.37. The summed E-state index contributed by atoms with van der Waals surface area (Å²) in [7, 11) is 0. The van der Waals surface area contributed by atoms with E-state index in [4.69, 9.17) is 5.73 Å². The lowest BCUT2D eigenvalue weighted by atomic mass is 9.97. The Balaban J connectivity index is 1.59. The Morgan fingerprint density at radius 2 is 1.92 bits per heavy atom. The molecular weight excluding hydrogens is 307 g/mol. The third kappa shape index (κ3) is 3.06. The van der Waals surface area contributed by atoms with Crippen molar-refractivity contribution in [1.82, 2.24) is 25.1 Å². The van der Waals surface area contributed by atoms with Crippen molar-refractivity contribution >= 4 is 0 Å². The molecule has 6 nitrogen and oxygen atoms in total. The molecule has 128 valence electrons. The van der Waals surface area contributed by atoms with E-state index in [0.29, 0.717) is 12.0 Å². The first-order valence-electron chi connectivity index (χ1n) is 8.68. The quantitative estimate of drug-likeness (QED) is 0.928. The van der Waals surface area contributed by atoms with Crippen molar-refractivity contribution < 1.29 is 4.39 Å². The van der Waals surface area contributed by atoms with Gasteiger partial charge in [0.2, 0.25) is 0 Å². The first-order valence-corrected chi connectivity index (χ1v) is 8.68. The number of piperidine rings is 1. The first-order chi connectivity index (χ1) is 11.7. The summed E-state index contributed by atoms with van der Waals surface area (Å²) >= 11 is 0. The number of aromatic nitrogens is 4. The Labute approximate surface area is 140 Å². The second-order valence-electron chi connectivity index (χ2n) is 7.01. The molecule has 2 heterocycles. The standard InChI is InChI=1S/C17H23FN6/c18-14-5-3-12(4-6-14)13-8-16(23-7-1-2-15(19)10-23)17(9-13)24-21-11-20-22-24/h3-6,11,13,15-17H,1-2,7-10,19H2. The zero-order chi connectivity index (χ0) is 16.5. The summed E-state index contributed by atoms with van der Waals surface area (Å²) < 4.78 is 13.2. The molecule has 1 aromatic carbocycles. The zero-order valence-electron chi connectivity index (χ0n) is 13.6. The van der Waals surface area contributed by atoms with Crippen molar-refractivity contribution in [2.24, 2.45) is 5.73 Å². The van der Waals surface area contributed by atoms with E-state index in [-0.39, 0.29) is 17.9 Å². The maximum atomic E-state index is 13.2. The normalized spacial score (nSPS) is 31.4. The third-order valence-corrected chi connectivity index (χ3v) is 5.46. The maximum Gasteiger partial charge on any atom is 0.162 e. The van der Waals surface area contributed by atoms with E-state index < -0.39 is 0 Å². The molecule has 0 amide bonds. The minimum atomic E-state index is -0.190. The minimum absolute atomic E-state index is 0.188. The number of hydrogen-bond acceptors (Lipinski definition) is 5. The van der Waals surface area contributed by atoms with Crippen LogP contribution >= 0.6 is 0 Å². The Morgan fingerprint density at radius 3 is 2.62 bits per heavy atom. The predicted molar refractivity (Wildman–Crippen MR) is 87.8 cm³/mol. The Bertz CT molecular complexity index is 658. The van der Waals surface area contributed by atoms with Crippen molar-refractivity contribution in [2.75, 3.05) is 13.1 Å². The number of hydrogen-bond donors (Lipinski definition) is 1. The zero-order valence-corrected chi connectivity index (χ0v) is 13.6. The largest absolute Gasteiger partial charge is 0.327 e. The van der Waals surface area contributed by atoms with Crippen molar-refractivity contribution in [3.05, 3.63) is 42.0 Å². The van der Waals surface area contributed by atoms with Gasteiger partial charge in [0, 0.05) is 18.6 Å². The van der Waals surface area contributed by atoms with Gasteiger partial charge in [0.15, 0.2) is 6.33 Å². The monoisotopic (exact) mass is 330 g/mol. The number of halogens is 1. The van der Waals surface area contributed by atoms with Crippen LogP contribution in [0.2, 0.25) is 0 Å². The molecule has 2 N–H and O–H groups in total. The fraction of sp³-hybridized carbons (Fsp3) is 0.588. The van der Waals surface area contributed by atoms with E-state index in [2.05, 4.69) is 20.3 Å². The van der Waals surface area contributed by atoms with Gasteiger partial charge in [-0.3, -0.25) is 4.90 Å². The van der Waals surface area contributed by atoms with E-state index in [9.17, 15) is 4.39 Å². The minimum Gasteiger partial charge on any atom is -0.327 e.